The van der Waals surface area contributed by atoms with Crippen LogP contribution in [-0.4, -0.2) is 6.04 Å². The summed E-state index contributed by atoms with van der Waals surface area (Å²) in [6, 6.07) is 8.51. The van der Waals surface area contributed by atoms with E-state index in [1.54, 1.807) is 0 Å². The van der Waals surface area contributed by atoms with E-state index in [9.17, 15) is 0 Å². The number of hydrogen-bond donors (Lipinski definition) is 1. The molecule has 0 saturated heterocycles. The van der Waals surface area contributed by atoms with E-state index >= 15 is 0 Å². The minimum Gasteiger partial charge on any atom is -0.382 e. The van der Waals surface area contributed by atoms with Gasteiger partial charge < -0.3 is 5.32 Å². The molecule has 0 heterocycles. The summed E-state index contributed by atoms with van der Waals surface area (Å²) in [5.41, 5.74) is 2.56. The van der Waals surface area contributed by atoms with Gasteiger partial charge in [-0.1, -0.05) is 23.8 Å². The maximum atomic E-state index is 5.83. The molecule has 0 aliphatic heterocycles. The Hall–Kier alpha value is -0.950. The van der Waals surface area contributed by atoms with Gasteiger partial charge in [-0.3, -0.25) is 0 Å². The molecule has 1 aliphatic carbocycles. The molecule has 0 bridgehead atoms. The first-order valence-corrected chi connectivity index (χ1v) is 5.80. The summed E-state index contributed by atoms with van der Waals surface area (Å²) in [6.07, 6.45) is 4.71. The van der Waals surface area contributed by atoms with Crippen molar-refractivity contribution in [1.29, 1.82) is 0 Å². The van der Waals surface area contributed by atoms with Crippen LogP contribution in [0.3, 0.4) is 0 Å². The Labute approximate surface area is 96.1 Å². The van der Waals surface area contributed by atoms with Crippen LogP contribution in [0.5, 0.6) is 0 Å². The molecule has 0 atom stereocenters. The lowest BCUT2D eigenvalue weighted by Gasteiger charge is -2.25. The van der Waals surface area contributed by atoms with Gasteiger partial charge in [0, 0.05) is 16.8 Å². The summed E-state index contributed by atoms with van der Waals surface area (Å²) in [6.45, 7) is 4.02. The van der Waals surface area contributed by atoms with Crippen molar-refractivity contribution in [3.8, 4) is 0 Å². The van der Waals surface area contributed by atoms with Crippen LogP contribution in [0.1, 0.15) is 25.7 Å². The standard InChI is InChI=1S/C13H16ClN/c1-10-2-6-12(7-3-10)15-13-8-4-11(14)5-9-13/h4-5,8-9,12,15H,1-3,6-7H2. The van der Waals surface area contributed by atoms with Crippen molar-refractivity contribution in [1.82, 2.24) is 0 Å². The highest BCUT2D eigenvalue weighted by molar-refractivity contribution is 6.30. The van der Waals surface area contributed by atoms with Gasteiger partial charge in [0.2, 0.25) is 0 Å². The Bertz CT molecular complexity index is 332. The third-order valence-corrected chi connectivity index (χ3v) is 3.16. The van der Waals surface area contributed by atoms with Crippen molar-refractivity contribution in [2.75, 3.05) is 5.32 Å². The molecule has 1 aromatic rings. The van der Waals surface area contributed by atoms with Crippen molar-refractivity contribution in [3.05, 3.63) is 41.4 Å². The third kappa shape index (κ3) is 3.00. The molecular formula is C13H16ClN. The normalized spacial score (nSPS) is 17.8. The van der Waals surface area contributed by atoms with E-state index < -0.39 is 0 Å². The van der Waals surface area contributed by atoms with Crippen molar-refractivity contribution in [2.45, 2.75) is 31.7 Å². The molecule has 1 aromatic carbocycles. The molecular weight excluding hydrogens is 206 g/mol. The average molecular weight is 222 g/mol. The predicted octanol–water partition coefficient (Wildman–Crippen LogP) is 4.25. The van der Waals surface area contributed by atoms with Gasteiger partial charge in [-0.25, -0.2) is 0 Å². The average Bonchev–Trinajstić information content (AvgIpc) is 2.25. The molecule has 1 nitrogen and oxygen atoms in total. The van der Waals surface area contributed by atoms with Crippen LogP contribution in [0.2, 0.25) is 5.02 Å². The molecule has 1 aliphatic rings. The van der Waals surface area contributed by atoms with Crippen LogP contribution in [0, 0.1) is 0 Å². The van der Waals surface area contributed by atoms with E-state index in [2.05, 4.69) is 11.9 Å². The molecule has 1 N–H and O–H groups in total. The van der Waals surface area contributed by atoms with E-state index in [0.29, 0.717) is 6.04 Å². The number of allylic oxidation sites excluding steroid dienone is 1. The molecule has 15 heavy (non-hydrogen) atoms. The molecule has 2 rings (SSSR count). The van der Waals surface area contributed by atoms with Gasteiger partial charge in [-0.05, 0) is 49.9 Å². The summed E-state index contributed by atoms with van der Waals surface area (Å²) < 4.78 is 0. The van der Waals surface area contributed by atoms with Crippen LogP contribution in [0.25, 0.3) is 0 Å². The van der Waals surface area contributed by atoms with Crippen LogP contribution < -0.4 is 5.32 Å². The van der Waals surface area contributed by atoms with Gasteiger partial charge in [-0.15, -0.1) is 0 Å². The van der Waals surface area contributed by atoms with Gasteiger partial charge in [0.05, 0.1) is 0 Å². The summed E-state index contributed by atoms with van der Waals surface area (Å²) in [5, 5.41) is 4.32. The number of anilines is 1. The van der Waals surface area contributed by atoms with E-state index in [1.807, 2.05) is 24.3 Å². The Morgan fingerprint density at radius 1 is 1.13 bits per heavy atom. The van der Waals surface area contributed by atoms with Crippen LogP contribution in [0.4, 0.5) is 5.69 Å². The smallest absolute Gasteiger partial charge is 0.0407 e. The molecule has 0 aromatic heterocycles. The number of nitrogens with one attached hydrogen (secondary N) is 1. The van der Waals surface area contributed by atoms with Crippen LogP contribution in [-0.2, 0) is 0 Å². The van der Waals surface area contributed by atoms with Crippen LogP contribution in [0.15, 0.2) is 36.4 Å². The monoisotopic (exact) mass is 221 g/mol. The quantitative estimate of drug-likeness (QED) is 0.737. The van der Waals surface area contributed by atoms with Crippen molar-refractivity contribution in [3.63, 3.8) is 0 Å². The highest BCUT2D eigenvalue weighted by Crippen LogP contribution is 2.25. The predicted molar refractivity (Wildman–Crippen MR) is 66.5 cm³/mol. The van der Waals surface area contributed by atoms with E-state index in [1.165, 1.54) is 18.4 Å². The van der Waals surface area contributed by atoms with Gasteiger partial charge >= 0.3 is 0 Å². The fraction of sp³-hybridized carbons (Fsp3) is 0.385. The zero-order chi connectivity index (χ0) is 10.7. The van der Waals surface area contributed by atoms with Gasteiger partial charge in [-0.2, -0.15) is 0 Å². The number of halogens is 1. The lowest BCUT2D eigenvalue weighted by molar-refractivity contribution is 0.541. The van der Waals surface area contributed by atoms with E-state index in [0.717, 1.165) is 23.6 Å². The molecule has 0 amide bonds. The first-order valence-electron chi connectivity index (χ1n) is 5.43. The Morgan fingerprint density at radius 2 is 1.73 bits per heavy atom. The highest BCUT2D eigenvalue weighted by Gasteiger charge is 2.14. The Balaban J connectivity index is 1.91. The minimum atomic E-state index is 0.594. The third-order valence-electron chi connectivity index (χ3n) is 2.91. The lowest BCUT2D eigenvalue weighted by atomic mass is 9.92. The SMILES string of the molecule is C=C1CCC(Nc2ccc(Cl)cc2)CC1. The van der Waals surface area contributed by atoms with Crippen LogP contribution >= 0.6 is 11.6 Å². The zero-order valence-electron chi connectivity index (χ0n) is 8.80. The first-order chi connectivity index (χ1) is 7.24. The fourth-order valence-corrected chi connectivity index (χ4v) is 2.08. The first kappa shape index (κ1) is 10.6. The number of rotatable bonds is 2. The second-order valence-electron chi connectivity index (χ2n) is 4.18. The zero-order valence-corrected chi connectivity index (χ0v) is 9.56. The van der Waals surface area contributed by atoms with E-state index in [-0.39, 0.29) is 0 Å². The minimum absolute atomic E-state index is 0.594. The van der Waals surface area contributed by atoms with Gasteiger partial charge in [0.25, 0.3) is 0 Å². The van der Waals surface area contributed by atoms with Crippen molar-refractivity contribution >= 4 is 17.3 Å². The summed E-state index contributed by atoms with van der Waals surface area (Å²) in [5.74, 6) is 0. The second-order valence-corrected chi connectivity index (χ2v) is 4.61. The number of benzene rings is 1. The maximum absolute atomic E-state index is 5.83. The summed E-state index contributed by atoms with van der Waals surface area (Å²) in [4.78, 5) is 0. The summed E-state index contributed by atoms with van der Waals surface area (Å²) in [7, 11) is 0. The molecule has 1 fully saturated rings. The van der Waals surface area contributed by atoms with E-state index in [4.69, 9.17) is 11.6 Å². The highest BCUT2D eigenvalue weighted by atomic mass is 35.5. The molecule has 0 radical (unpaired) electrons. The van der Waals surface area contributed by atoms with Crippen molar-refractivity contribution in [2.24, 2.45) is 0 Å². The number of hydrogen-bond acceptors (Lipinski definition) is 1. The topological polar surface area (TPSA) is 12.0 Å². The lowest BCUT2D eigenvalue weighted by Crippen LogP contribution is -2.22. The maximum Gasteiger partial charge on any atom is 0.0407 e. The Kier molecular flexibility index (Phi) is 3.32. The Morgan fingerprint density at radius 3 is 2.33 bits per heavy atom. The molecule has 1 saturated carbocycles. The molecule has 0 spiro atoms. The van der Waals surface area contributed by atoms with Crippen molar-refractivity contribution < 1.29 is 0 Å². The fourth-order valence-electron chi connectivity index (χ4n) is 1.95. The second kappa shape index (κ2) is 4.71. The molecule has 0 unspecified atom stereocenters. The largest absolute Gasteiger partial charge is 0.382 e. The molecule has 80 valence electrons. The van der Waals surface area contributed by atoms with Gasteiger partial charge in [0.15, 0.2) is 0 Å². The van der Waals surface area contributed by atoms with Gasteiger partial charge in [0.1, 0.15) is 0 Å². The summed E-state index contributed by atoms with van der Waals surface area (Å²) >= 11 is 5.83. The molecule has 2 heteroatoms.